The number of hydrogen-bond acceptors (Lipinski definition) is 5. The van der Waals surface area contributed by atoms with E-state index in [1.807, 2.05) is 53.1 Å². The van der Waals surface area contributed by atoms with Gasteiger partial charge in [0.2, 0.25) is 0 Å². The fourth-order valence-corrected chi connectivity index (χ4v) is 2.74. The van der Waals surface area contributed by atoms with Gasteiger partial charge in [-0.2, -0.15) is 0 Å². The van der Waals surface area contributed by atoms with Gasteiger partial charge in [0, 0.05) is 19.3 Å². The second-order valence-corrected chi connectivity index (χ2v) is 5.92. The van der Waals surface area contributed by atoms with Gasteiger partial charge in [0.1, 0.15) is 6.33 Å². The summed E-state index contributed by atoms with van der Waals surface area (Å²) in [6, 6.07) is 15.8. The van der Waals surface area contributed by atoms with Crippen LogP contribution in [0.3, 0.4) is 0 Å². The van der Waals surface area contributed by atoms with E-state index in [-0.39, 0.29) is 24.0 Å². The summed E-state index contributed by atoms with van der Waals surface area (Å²) in [5.74, 6) is 2.85. The zero-order valence-corrected chi connectivity index (χ0v) is 19.0. The number of nitrogens with zero attached hydrogens (tertiary/aromatic N) is 4. The van der Waals surface area contributed by atoms with Gasteiger partial charge in [-0.05, 0) is 29.8 Å². The third-order valence-electron chi connectivity index (χ3n) is 4.20. The third kappa shape index (κ3) is 5.83. The predicted molar refractivity (Wildman–Crippen MR) is 123 cm³/mol. The number of nitrogens with one attached hydrogen (secondary N) is 2. The van der Waals surface area contributed by atoms with E-state index < -0.39 is 0 Å². The van der Waals surface area contributed by atoms with Gasteiger partial charge in [0.05, 0.1) is 20.8 Å². The van der Waals surface area contributed by atoms with Gasteiger partial charge in [-0.25, -0.2) is 0 Å². The van der Waals surface area contributed by atoms with E-state index in [1.165, 1.54) is 0 Å². The molecule has 0 amide bonds. The van der Waals surface area contributed by atoms with Crippen molar-refractivity contribution in [1.82, 2.24) is 25.4 Å². The highest BCUT2D eigenvalue weighted by Crippen LogP contribution is 2.27. The lowest BCUT2D eigenvalue weighted by atomic mass is 10.2. The Kier molecular flexibility index (Phi) is 8.71. The molecule has 154 valence electrons. The van der Waals surface area contributed by atoms with Crippen molar-refractivity contribution in [3.8, 4) is 17.2 Å². The van der Waals surface area contributed by atoms with E-state index in [0.717, 1.165) is 17.1 Å². The second kappa shape index (κ2) is 11.2. The van der Waals surface area contributed by atoms with Crippen molar-refractivity contribution in [2.45, 2.75) is 13.1 Å². The molecule has 0 atom stereocenters. The first-order valence-corrected chi connectivity index (χ1v) is 8.85. The van der Waals surface area contributed by atoms with Crippen LogP contribution in [0, 0.1) is 0 Å². The first-order valence-electron chi connectivity index (χ1n) is 8.85. The zero-order chi connectivity index (χ0) is 19.8. The van der Waals surface area contributed by atoms with Gasteiger partial charge in [-0.15, -0.1) is 34.2 Å². The summed E-state index contributed by atoms with van der Waals surface area (Å²) < 4.78 is 12.6. The summed E-state index contributed by atoms with van der Waals surface area (Å²) in [7, 11) is 4.97. The van der Waals surface area contributed by atoms with Crippen molar-refractivity contribution in [3.63, 3.8) is 0 Å². The normalized spacial score (nSPS) is 10.8. The number of guanidine groups is 1. The molecule has 1 aromatic heterocycles. The highest BCUT2D eigenvalue weighted by Gasteiger charge is 2.08. The van der Waals surface area contributed by atoms with Crippen LogP contribution in [-0.2, 0) is 13.1 Å². The first-order chi connectivity index (χ1) is 13.7. The molecule has 29 heavy (non-hydrogen) atoms. The molecule has 0 aliphatic heterocycles. The lowest BCUT2D eigenvalue weighted by molar-refractivity contribution is 0.354. The standard InChI is InChI=1S/C20H24N6O2.HI/c1-21-20(22-12-15-9-10-17(27-2)18(11-15)28-3)23-13-19-25-24-14-26(19)16-7-5-4-6-8-16;/h4-11,14H,12-13H2,1-3H3,(H2,21,22,23);1H. The van der Waals surface area contributed by atoms with Gasteiger partial charge < -0.3 is 20.1 Å². The van der Waals surface area contributed by atoms with Crippen LogP contribution in [0.2, 0.25) is 0 Å². The molecule has 2 N–H and O–H groups in total. The minimum Gasteiger partial charge on any atom is -0.493 e. The van der Waals surface area contributed by atoms with Crippen LogP contribution in [0.5, 0.6) is 11.5 Å². The van der Waals surface area contributed by atoms with Crippen LogP contribution in [0.1, 0.15) is 11.4 Å². The Labute approximate surface area is 187 Å². The maximum absolute atomic E-state index is 5.35. The molecule has 0 radical (unpaired) electrons. The largest absolute Gasteiger partial charge is 0.493 e. The Hall–Kier alpha value is -2.82. The van der Waals surface area contributed by atoms with Crippen LogP contribution in [0.15, 0.2) is 59.9 Å². The maximum atomic E-state index is 5.35. The third-order valence-corrected chi connectivity index (χ3v) is 4.20. The molecule has 0 aliphatic carbocycles. The molecule has 0 aliphatic rings. The molecule has 8 nitrogen and oxygen atoms in total. The molecular formula is C20H25IN6O2. The number of hydrogen-bond donors (Lipinski definition) is 2. The summed E-state index contributed by atoms with van der Waals surface area (Å²) >= 11 is 0. The molecule has 1 heterocycles. The number of halogens is 1. The van der Waals surface area contributed by atoms with E-state index in [9.17, 15) is 0 Å². The quantitative estimate of drug-likeness (QED) is 0.290. The first kappa shape index (κ1) is 22.5. The zero-order valence-electron chi connectivity index (χ0n) is 16.6. The molecule has 0 unspecified atom stereocenters. The molecule has 3 rings (SSSR count). The number of para-hydroxylation sites is 1. The fourth-order valence-electron chi connectivity index (χ4n) is 2.74. The van der Waals surface area contributed by atoms with E-state index in [4.69, 9.17) is 9.47 Å². The average molecular weight is 508 g/mol. The maximum Gasteiger partial charge on any atom is 0.191 e. The SMILES string of the molecule is CN=C(NCc1ccc(OC)c(OC)c1)NCc1nncn1-c1ccccc1.I. The summed E-state index contributed by atoms with van der Waals surface area (Å²) in [5, 5.41) is 14.8. The summed E-state index contributed by atoms with van der Waals surface area (Å²) in [6.45, 7) is 1.08. The van der Waals surface area contributed by atoms with Gasteiger partial charge in [0.15, 0.2) is 23.3 Å². The minimum atomic E-state index is 0. The summed E-state index contributed by atoms with van der Waals surface area (Å²) in [5.41, 5.74) is 2.06. The number of benzene rings is 2. The van der Waals surface area contributed by atoms with Gasteiger partial charge in [0.25, 0.3) is 0 Å². The molecule has 0 bridgehead atoms. The van der Waals surface area contributed by atoms with Crippen LogP contribution in [-0.4, -0.2) is 42.0 Å². The smallest absolute Gasteiger partial charge is 0.191 e. The van der Waals surface area contributed by atoms with E-state index in [2.05, 4.69) is 25.8 Å². The number of methoxy groups -OCH3 is 2. The van der Waals surface area contributed by atoms with Crippen molar-refractivity contribution < 1.29 is 9.47 Å². The molecular weight excluding hydrogens is 483 g/mol. The molecule has 2 aromatic carbocycles. The average Bonchev–Trinajstić information content (AvgIpc) is 3.23. The second-order valence-electron chi connectivity index (χ2n) is 5.92. The van der Waals surface area contributed by atoms with Crippen molar-refractivity contribution in [3.05, 3.63) is 66.2 Å². The van der Waals surface area contributed by atoms with Gasteiger partial charge in [-0.1, -0.05) is 24.3 Å². The van der Waals surface area contributed by atoms with Crippen molar-refractivity contribution in [2.75, 3.05) is 21.3 Å². The van der Waals surface area contributed by atoms with Crippen LogP contribution < -0.4 is 20.1 Å². The Morgan fingerprint density at radius 3 is 2.41 bits per heavy atom. The number of aliphatic imine (C=N–C) groups is 1. The number of rotatable bonds is 7. The molecule has 0 saturated carbocycles. The van der Waals surface area contributed by atoms with E-state index in [0.29, 0.717) is 30.5 Å². The van der Waals surface area contributed by atoms with Gasteiger partial charge in [-0.3, -0.25) is 9.56 Å². The van der Waals surface area contributed by atoms with Crippen LogP contribution in [0.25, 0.3) is 5.69 Å². The van der Waals surface area contributed by atoms with Gasteiger partial charge >= 0.3 is 0 Å². The number of ether oxygens (including phenoxy) is 2. The Morgan fingerprint density at radius 1 is 1.00 bits per heavy atom. The topological polar surface area (TPSA) is 85.6 Å². The van der Waals surface area contributed by atoms with Crippen LogP contribution in [0.4, 0.5) is 0 Å². The minimum absolute atomic E-state index is 0. The molecule has 0 saturated heterocycles. The van der Waals surface area contributed by atoms with Crippen molar-refractivity contribution >= 4 is 29.9 Å². The lowest BCUT2D eigenvalue weighted by Gasteiger charge is -2.14. The lowest BCUT2D eigenvalue weighted by Crippen LogP contribution is -2.36. The highest BCUT2D eigenvalue weighted by atomic mass is 127. The Balaban J connectivity index is 0.00000300. The summed E-state index contributed by atoms with van der Waals surface area (Å²) in [4.78, 5) is 4.26. The predicted octanol–water partition coefficient (Wildman–Crippen LogP) is 2.77. The molecule has 0 spiro atoms. The van der Waals surface area contributed by atoms with Crippen LogP contribution >= 0.6 is 24.0 Å². The molecule has 9 heteroatoms. The highest BCUT2D eigenvalue weighted by molar-refractivity contribution is 14.0. The van der Waals surface area contributed by atoms with E-state index in [1.54, 1.807) is 27.6 Å². The molecule has 3 aromatic rings. The summed E-state index contributed by atoms with van der Waals surface area (Å²) in [6.07, 6.45) is 1.70. The Morgan fingerprint density at radius 2 is 1.72 bits per heavy atom. The fraction of sp³-hybridized carbons (Fsp3) is 0.250. The monoisotopic (exact) mass is 508 g/mol. The van der Waals surface area contributed by atoms with Crippen molar-refractivity contribution in [2.24, 2.45) is 4.99 Å². The molecule has 0 fully saturated rings. The van der Waals surface area contributed by atoms with E-state index >= 15 is 0 Å². The van der Waals surface area contributed by atoms with Crippen molar-refractivity contribution in [1.29, 1.82) is 0 Å². The number of aromatic nitrogens is 3. The Bertz CT molecular complexity index is 930.